The number of likely N-dealkylation sites (tertiary alicyclic amines) is 1. The van der Waals surface area contributed by atoms with Crippen molar-refractivity contribution < 1.29 is 4.74 Å². The normalized spacial score (nSPS) is 18.2. The van der Waals surface area contributed by atoms with E-state index in [0.717, 1.165) is 51.1 Å². The van der Waals surface area contributed by atoms with Gasteiger partial charge in [0.15, 0.2) is 5.96 Å². The molecule has 1 aromatic carbocycles. The molecule has 0 aromatic heterocycles. The fourth-order valence-corrected chi connectivity index (χ4v) is 3.86. The van der Waals surface area contributed by atoms with Crippen molar-refractivity contribution in [1.82, 2.24) is 10.2 Å². The molecule has 0 spiro atoms. The molecular formula is C19H31N3OS. The lowest BCUT2D eigenvalue weighted by Crippen LogP contribution is -2.41. The first kappa shape index (κ1) is 19.1. The molecule has 4 nitrogen and oxygen atoms in total. The summed E-state index contributed by atoms with van der Waals surface area (Å²) in [5, 5.41) is 3.43. The summed E-state index contributed by atoms with van der Waals surface area (Å²) in [6, 6.07) is 10.7. The highest BCUT2D eigenvalue weighted by molar-refractivity contribution is 7.99. The Bertz CT molecular complexity index is 481. The summed E-state index contributed by atoms with van der Waals surface area (Å²) >= 11 is 1.96. The highest BCUT2D eigenvalue weighted by Gasteiger charge is 2.24. The molecule has 1 unspecified atom stereocenters. The van der Waals surface area contributed by atoms with Gasteiger partial charge in [0, 0.05) is 43.9 Å². The topological polar surface area (TPSA) is 36.9 Å². The molecule has 0 amide bonds. The molecule has 24 heavy (non-hydrogen) atoms. The van der Waals surface area contributed by atoms with Crippen LogP contribution in [0.4, 0.5) is 0 Å². The minimum atomic E-state index is 0.731. The molecule has 0 radical (unpaired) electrons. The lowest BCUT2D eigenvalue weighted by Gasteiger charge is -2.21. The van der Waals surface area contributed by atoms with Gasteiger partial charge in [-0.25, -0.2) is 0 Å². The standard InChI is InChI=1S/C19H31N3OS/c1-3-4-13-23-14-11-21-19(20-2)22-12-10-17(15-22)16-24-18-8-6-5-7-9-18/h5-9,17H,3-4,10-16H2,1-2H3,(H,20,21). The Morgan fingerprint density at radius 1 is 1.33 bits per heavy atom. The van der Waals surface area contributed by atoms with Crippen LogP contribution in [0, 0.1) is 5.92 Å². The Labute approximate surface area is 151 Å². The Balaban J connectivity index is 1.65. The summed E-state index contributed by atoms with van der Waals surface area (Å²) in [5.74, 6) is 2.92. The van der Waals surface area contributed by atoms with Crippen LogP contribution in [0.2, 0.25) is 0 Å². The maximum absolute atomic E-state index is 5.60. The van der Waals surface area contributed by atoms with E-state index in [4.69, 9.17) is 4.74 Å². The van der Waals surface area contributed by atoms with Crippen molar-refractivity contribution >= 4 is 17.7 Å². The van der Waals surface area contributed by atoms with Crippen LogP contribution in [0.1, 0.15) is 26.2 Å². The second-order valence-corrected chi connectivity index (χ2v) is 7.26. The van der Waals surface area contributed by atoms with Gasteiger partial charge in [-0.2, -0.15) is 0 Å². The van der Waals surface area contributed by atoms with Crippen molar-refractivity contribution in [3.05, 3.63) is 30.3 Å². The van der Waals surface area contributed by atoms with Gasteiger partial charge in [-0.1, -0.05) is 31.5 Å². The molecule has 134 valence electrons. The Morgan fingerprint density at radius 2 is 2.17 bits per heavy atom. The molecule has 0 aliphatic carbocycles. The van der Waals surface area contributed by atoms with Crippen LogP contribution >= 0.6 is 11.8 Å². The van der Waals surface area contributed by atoms with E-state index < -0.39 is 0 Å². The SMILES string of the molecule is CCCCOCCNC(=NC)N1CCC(CSc2ccccc2)C1. The maximum Gasteiger partial charge on any atom is 0.193 e. The average molecular weight is 350 g/mol. The molecule has 1 aliphatic heterocycles. The number of unbranched alkanes of at least 4 members (excludes halogenated alkanes) is 1. The van der Waals surface area contributed by atoms with E-state index in [0.29, 0.717) is 0 Å². The largest absolute Gasteiger partial charge is 0.380 e. The number of guanidine groups is 1. The molecule has 5 heteroatoms. The minimum absolute atomic E-state index is 0.731. The third-order valence-electron chi connectivity index (χ3n) is 4.20. The minimum Gasteiger partial charge on any atom is -0.380 e. The Hall–Kier alpha value is -1.20. The molecule has 1 atom stereocenters. The lowest BCUT2D eigenvalue weighted by molar-refractivity contribution is 0.135. The van der Waals surface area contributed by atoms with Crippen molar-refractivity contribution in [2.45, 2.75) is 31.1 Å². The second kappa shape index (κ2) is 11.4. The summed E-state index contributed by atoms with van der Waals surface area (Å²) in [7, 11) is 1.87. The highest BCUT2D eigenvalue weighted by Crippen LogP contribution is 2.25. The molecule has 0 saturated carbocycles. The van der Waals surface area contributed by atoms with Crippen LogP contribution < -0.4 is 5.32 Å². The van der Waals surface area contributed by atoms with E-state index in [1.807, 2.05) is 18.8 Å². The zero-order valence-electron chi connectivity index (χ0n) is 15.0. The smallest absolute Gasteiger partial charge is 0.193 e. The number of ether oxygens (including phenoxy) is 1. The molecule has 1 saturated heterocycles. The lowest BCUT2D eigenvalue weighted by atomic mass is 10.2. The van der Waals surface area contributed by atoms with Gasteiger partial charge in [0.25, 0.3) is 0 Å². The van der Waals surface area contributed by atoms with Crippen LogP contribution in [-0.4, -0.2) is 56.5 Å². The number of hydrogen-bond donors (Lipinski definition) is 1. The van der Waals surface area contributed by atoms with E-state index >= 15 is 0 Å². The first-order chi connectivity index (χ1) is 11.8. The predicted molar refractivity (Wildman–Crippen MR) is 104 cm³/mol. The van der Waals surface area contributed by atoms with Crippen LogP contribution in [0.3, 0.4) is 0 Å². The zero-order valence-corrected chi connectivity index (χ0v) is 15.9. The van der Waals surface area contributed by atoms with Crippen molar-refractivity contribution in [1.29, 1.82) is 0 Å². The summed E-state index contributed by atoms with van der Waals surface area (Å²) in [6.45, 7) is 6.81. The summed E-state index contributed by atoms with van der Waals surface area (Å²) in [6.07, 6.45) is 3.57. The van der Waals surface area contributed by atoms with Crippen LogP contribution in [0.25, 0.3) is 0 Å². The summed E-state index contributed by atoms with van der Waals surface area (Å²) in [5.41, 5.74) is 0. The second-order valence-electron chi connectivity index (χ2n) is 6.16. The third-order valence-corrected chi connectivity index (χ3v) is 5.44. The van der Waals surface area contributed by atoms with Gasteiger partial charge in [0.05, 0.1) is 6.61 Å². The molecule has 1 aromatic rings. The first-order valence-electron chi connectivity index (χ1n) is 9.04. The Morgan fingerprint density at radius 3 is 2.92 bits per heavy atom. The van der Waals surface area contributed by atoms with Crippen molar-refractivity contribution in [2.75, 3.05) is 45.6 Å². The van der Waals surface area contributed by atoms with Crippen molar-refractivity contribution in [3.63, 3.8) is 0 Å². The number of hydrogen-bond acceptors (Lipinski definition) is 3. The van der Waals surface area contributed by atoms with Gasteiger partial charge in [0.1, 0.15) is 0 Å². The highest BCUT2D eigenvalue weighted by atomic mass is 32.2. The number of rotatable bonds is 9. The molecule has 1 N–H and O–H groups in total. The van der Waals surface area contributed by atoms with Gasteiger partial charge in [-0.05, 0) is 30.9 Å². The fourth-order valence-electron chi connectivity index (χ4n) is 2.81. The van der Waals surface area contributed by atoms with E-state index in [2.05, 4.69) is 52.5 Å². The summed E-state index contributed by atoms with van der Waals surface area (Å²) in [4.78, 5) is 8.17. The average Bonchev–Trinajstić information content (AvgIpc) is 3.09. The van der Waals surface area contributed by atoms with Crippen molar-refractivity contribution in [3.8, 4) is 0 Å². The molecule has 1 aliphatic rings. The number of nitrogens with zero attached hydrogens (tertiary/aromatic N) is 2. The van der Waals surface area contributed by atoms with Crippen molar-refractivity contribution in [2.24, 2.45) is 10.9 Å². The quantitative estimate of drug-likeness (QED) is 0.320. The van der Waals surface area contributed by atoms with Crippen LogP contribution in [-0.2, 0) is 4.74 Å². The third kappa shape index (κ3) is 6.73. The van der Waals surface area contributed by atoms with Crippen LogP contribution in [0.5, 0.6) is 0 Å². The number of thioether (sulfide) groups is 1. The van der Waals surface area contributed by atoms with Gasteiger partial charge in [0.2, 0.25) is 0 Å². The van der Waals surface area contributed by atoms with E-state index in [1.54, 1.807) is 0 Å². The molecule has 0 bridgehead atoms. The van der Waals surface area contributed by atoms with Gasteiger partial charge in [-0.15, -0.1) is 11.8 Å². The number of nitrogens with one attached hydrogen (secondary N) is 1. The molecule has 1 fully saturated rings. The van der Waals surface area contributed by atoms with Gasteiger partial charge >= 0.3 is 0 Å². The summed E-state index contributed by atoms with van der Waals surface area (Å²) < 4.78 is 5.60. The zero-order chi connectivity index (χ0) is 17.0. The van der Waals surface area contributed by atoms with Crippen LogP contribution in [0.15, 0.2) is 40.2 Å². The fraction of sp³-hybridized carbons (Fsp3) is 0.632. The van der Waals surface area contributed by atoms with E-state index in [9.17, 15) is 0 Å². The van der Waals surface area contributed by atoms with Gasteiger partial charge < -0.3 is 15.0 Å². The molecule has 2 rings (SSSR count). The monoisotopic (exact) mass is 349 g/mol. The number of aliphatic imine (C=N–C) groups is 1. The van der Waals surface area contributed by atoms with E-state index in [1.165, 1.54) is 23.5 Å². The predicted octanol–water partition coefficient (Wildman–Crippen LogP) is 3.49. The van der Waals surface area contributed by atoms with E-state index in [-0.39, 0.29) is 0 Å². The number of benzene rings is 1. The Kier molecular flexibility index (Phi) is 9.06. The maximum atomic E-state index is 5.60. The molecular weight excluding hydrogens is 318 g/mol. The van der Waals surface area contributed by atoms with Gasteiger partial charge in [-0.3, -0.25) is 4.99 Å². The molecule has 1 heterocycles. The first-order valence-corrected chi connectivity index (χ1v) is 10.0.